The number of hydrogen-bond acceptors (Lipinski definition) is 7. The minimum Gasteiger partial charge on any atom is -0.475 e. The Kier molecular flexibility index (Phi) is 16.0. The second-order valence-electron chi connectivity index (χ2n) is 12.4. The van der Waals surface area contributed by atoms with Crippen LogP contribution in [0.3, 0.4) is 0 Å². The molecule has 12 nitrogen and oxygen atoms in total. The number of hydrogen-bond donors (Lipinski definition) is 3. The topological polar surface area (TPSA) is 176 Å². The number of carboxylic acid groups (broad SMARTS) is 2. The van der Waals surface area contributed by atoms with Gasteiger partial charge < -0.3 is 20.8 Å². The lowest BCUT2D eigenvalue weighted by atomic mass is 9.92. The molecule has 0 saturated carbocycles. The van der Waals surface area contributed by atoms with Crippen molar-refractivity contribution in [2.75, 3.05) is 19.6 Å². The van der Waals surface area contributed by atoms with Crippen LogP contribution < -0.4 is 5.73 Å². The van der Waals surface area contributed by atoms with E-state index in [9.17, 15) is 39.6 Å². The van der Waals surface area contributed by atoms with Gasteiger partial charge in [-0.05, 0) is 68.6 Å². The Morgan fingerprint density at radius 1 is 0.839 bits per heavy atom. The van der Waals surface area contributed by atoms with Crippen molar-refractivity contribution in [1.29, 1.82) is 0 Å². The van der Waals surface area contributed by atoms with Crippen molar-refractivity contribution in [1.82, 2.24) is 19.0 Å². The molecule has 0 spiro atoms. The van der Waals surface area contributed by atoms with Gasteiger partial charge in [0.05, 0.1) is 16.6 Å². The smallest absolute Gasteiger partial charge is 0.475 e. The largest absolute Gasteiger partial charge is 0.490 e. The zero-order chi connectivity index (χ0) is 41.7. The first-order valence-electron chi connectivity index (χ1n) is 17.1. The van der Waals surface area contributed by atoms with Crippen molar-refractivity contribution in [2.24, 2.45) is 5.73 Å². The monoisotopic (exact) mass is 813 g/mol. The molecule has 0 bridgehead atoms. The Hall–Kier alpha value is -5.43. The van der Waals surface area contributed by atoms with Crippen molar-refractivity contribution in [3.63, 3.8) is 0 Å². The van der Waals surface area contributed by atoms with Crippen molar-refractivity contribution in [2.45, 2.75) is 68.4 Å². The standard InChI is InChI=1S/C33H39N5O3S.2C2HF3O2/c1-2-37-32(25-29(35-37)24-26-12-6-3-7-13-26)28-18-21-36(22-19-28)23-20-31(27-14-8-4-9-15-27)38(33(34)39)42(40,41)30-16-10-5-11-17-30;2*3-2(4,5)1(6)7/h3-17,25,28,31H,2,18-24H2,1H3,(H2,34,39);2*(H,6,7)/t31-;;/m0../s1. The molecular weight excluding hydrogens is 772 g/mol. The third kappa shape index (κ3) is 13.1. The molecular formula is C37H41F6N5O7S. The fourth-order valence-electron chi connectivity index (χ4n) is 5.96. The number of primary amides is 1. The van der Waals surface area contributed by atoms with Gasteiger partial charge in [0.25, 0.3) is 10.0 Å². The van der Waals surface area contributed by atoms with Gasteiger partial charge in [-0.1, -0.05) is 78.9 Å². The minimum atomic E-state index is -5.08. The van der Waals surface area contributed by atoms with Gasteiger partial charge in [0.1, 0.15) is 0 Å². The predicted octanol–water partition coefficient (Wildman–Crippen LogP) is 6.84. The maximum Gasteiger partial charge on any atom is 0.490 e. The summed E-state index contributed by atoms with van der Waals surface area (Å²) in [6, 6.07) is 28.3. The van der Waals surface area contributed by atoms with Gasteiger partial charge in [-0.3, -0.25) is 4.68 Å². The molecule has 1 aromatic heterocycles. The Morgan fingerprint density at radius 3 is 1.75 bits per heavy atom. The first-order valence-corrected chi connectivity index (χ1v) is 18.6. The number of carbonyl (C=O) groups is 3. The summed E-state index contributed by atoms with van der Waals surface area (Å²) in [5, 5.41) is 19.1. The number of nitrogens with zero attached hydrogens (tertiary/aromatic N) is 4. The molecule has 304 valence electrons. The van der Waals surface area contributed by atoms with Crippen LogP contribution in [0.5, 0.6) is 0 Å². The predicted molar refractivity (Wildman–Crippen MR) is 192 cm³/mol. The SMILES string of the molecule is CCn1nc(Cc2ccccc2)cc1C1CCN(CC[C@@H](c2ccccc2)N(C(N)=O)S(=O)(=O)c2ccccc2)CC1.O=C(O)C(F)(F)F.O=C(O)C(F)(F)F. The summed E-state index contributed by atoms with van der Waals surface area (Å²) in [4.78, 5) is 32.9. The fraction of sp³-hybridized carbons (Fsp3) is 0.351. The van der Waals surface area contributed by atoms with E-state index < -0.39 is 46.4 Å². The Labute approximate surface area is 319 Å². The summed E-state index contributed by atoms with van der Waals surface area (Å²) in [5.41, 5.74) is 10.1. The summed E-state index contributed by atoms with van der Waals surface area (Å²) in [6.45, 7) is 5.39. The molecule has 56 heavy (non-hydrogen) atoms. The second-order valence-corrected chi connectivity index (χ2v) is 14.2. The molecule has 5 rings (SSSR count). The molecule has 1 aliphatic heterocycles. The van der Waals surface area contributed by atoms with Crippen LogP contribution in [0.1, 0.15) is 60.7 Å². The van der Waals surface area contributed by atoms with E-state index >= 15 is 0 Å². The number of likely N-dealkylation sites (tertiary alicyclic amines) is 1. The number of carbonyl (C=O) groups excluding carboxylic acids is 1. The number of aryl methyl sites for hydroxylation is 1. The van der Waals surface area contributed by atoms with Gasteiger partial charge in [0.15, 0.2) is 0 Å². The highest BCUT2D eigenvalue weighted by Crippen LogP contribution is 2.33. The molecule has 0 unspecified atom stereocenters. The molecule has 1 fully saturated rings. The number of benzene rings is 3. The number of urea groups is 1. The lowest BCUT2D eigenvalue weighted by Crippen LogP contribution is -2.44. The zero-order valence-corrected chi connectivity index (χ0v) is 30.8. The van der Waals surface area contributed by atoms with Crippen LogP contribution in [0.4, 0.5) is 31.1 Å². The average molecular weight is 814 g/mol. The molecule has 4 N–H and O–H groups in total. The first kappa shape index (κ1) is 45.0. The highest BCUT2D eigenvalue weighted by atomic mass is 32.2. The molecule has 4 aromatic rings. The van der Waals surface area contributed by atoms with Gasteiger partial charge in [-0.25, -0.2) is 27.1 Å². The van der Waals surface area contributed by atoms with Gasteiger partial charge in [0, 0.05) is 31.1 Å². The third-order valence-corrected chi connectivity index (χ3v) is 10.4. The number of sulfonamides is 1. The summed E-state index contributed by atoms with van der Waals surface area (Å²) in [6.07, 6.45) is -6.91. The van der Waals surface area contributed by atoms with E-state index in [1.807, 2.05) is 36.4 Å². The maximum atomic E-state index is 13.6. The summed E-state index contributed by atoms with van der Waals surface area (Å²) >= 11 is 0. The molecule has 1 saturated heterocycles. The minimum absolute atomic E-state index is 0.0460. The first-order chi connectivity index (χ1) is 26.2. The van der Waals surface area contributed by atoms with E-state index in [0.717, 1.165) is 54.5 Å². The van der Waals surface area contributed by atoms with Gasteiger partial charge in [-0.15, -0.1) is 0 Å². The van der Waals surface area contributed by atoms with Crippen LogP contribution in [-0.2, 0) is 32.6 Å². The van der Waals surface area contributed by atoms with Gasteiger partial charge in [-0.2, -0.15) is 31.4 Å². The number of carboxylic acids is 2. The Balaban J connectivity index is 0.000000512. The summed E-state index contributed by atoms with van der Waals surface area (Å²) < 4.78 is 93.7. The number of rotatable bonds is 11. The maximum absolute atomic E-state index is 13.6. The lowest BCUT2D eigenvalue weighted by Gasteiger charge is -2.35. The van der Waals surface area contributed by atoms with Crippen molar-refractivity contribution >= 4 is 28.0 Å². The number of nitrogens with two attached hydrogens (primary N) is 1. The van der Waals surface area contributed by atoms with E-state index in [1.165, 1.54) is 23.4 Å². The molecule has 19 heteroatoms. The highest BCUT2D eigenvalue weighted by molar-refractivity contribution is 7.89. The molecule has 1 aliphatic rings. The van der Waals surface area contributed by atoms with E-state index in [0.29, 0.717) is 18.9 Å². The van der Waals surface area contributed by atoms with Crippen LogP contribution in [0.25, 0.3) is 0 Å². The number of aromatic nitrogens is 2. The number of alkyl halides is 6. The summed E-state index contributed by atoms with van der Waals surface area (Å²) in [5.74, 6) is -5.09. The molecule has 0 aliphatic carbocycles. The summed E-state index contributed by atoms with van der Waals surface area (Å²) in [7, 11) is -4.14. The number of halogens is 6. The fourth-order valence-corrected chi connectivity index (χ4v) is 7.48. The highest BCUT2D eigenvalue weighted by Gasteiger charge is 2.39. The quantitative estimate of drug-likeness (QED) is 0.137. The zero-order valence-electron chi connectivity index (χ0n) is 30.0. The number of piperidine rings is 1. The van der Waals surface area contributed by atoms with Gasteiger partial charge >= 0.3 is 30.3 Å². The average Bonchev–Trinajstić information content (AvgIpc) is 3.56. The second kappa shape index (κ2) is 19.9. The normalized spacial score (nSPS) is 14.3. The van der Waals surface area contributed by atoms with E-state index in [4.69, 9.17) is 30.6 Å². The van der Waals surface area contributed by atoms with Gasteiger partial charge in [0.2, 0.25) is 0 Å². The van der Waals surface area contributed by atoms with Crippen molar-refractivity contribution in [3.05, 3.63) is 120 Å². The number of aliphatic carboxylic acids is 2. The van der Waals surface area contributed by atoms with Crippen LogP contribution in [0.15, 0.2) is 102 Å². The van der Waals surface area contributed by atoms with Crippen LogP contribution in [0.2, 0.25) is 0 Å². The van der Waals surface area contributed by atoms with E-state index in [-0.39, 0.29) is 4.90 Å². The molecule has 2 heterocycles. The van der Waals surface area contributed by atoms with E-state index in [2.05, 4.69) is 46.8 Å². The molecule has 2 amide bonds. The van der Waals surface area contributed by atoms with E-state index in [1.54, 1.807) is 18.2 Å². The molecule has 3 aromatic carbocycles. The third-order valence-electron chi connectivity index (χ3n) is 8.58. The van der Waals surface area contributed by atoms with Crippen LogP contribution in [0, 0.1) is 0 Å². The Morgan fingerprint density at radius 2 is 1.30 bits per heavy atom. The Bertz CT molecular complexity index is 1950. The molecule has 0 radical (unpaired) electrons. The van der Waals surface area contributed by atoms with Crippen LogP contribution >= 0.6 is 0 Å². The lowest BCUT2D eigenvalue weighted by molar-refractivity contribution is -0.193. The van der Waals surface area contributed by atoms with Crippen molar-refractivity contribution < 1.29 is 59.4 Å². The van der Waals surface area contributed by atoms with Crippen LogP contribution in [-0.4, -0.2) is 87.6 Å². The number of amides is 2. The molecule has 1 atom stereocenters. The van der Waals surface area contributed by atoms with Crippen molar-refractivity contribution in [3.8, 4) is 0 Å².